The van der Waals surface area contributed by atoms with Gasteiger partial charge in [-0.2, -0.15) is 0 Å². The summed E-state index contributed by atoms with van der Waals surface area (Å²) in [5, 5.41) is 25.2. The standard InChI is InChI=1S/C11H10N2O2/c14-12-13(15)8-10-6-3-5-9-4-1-2-7-11(9)10/h1-7,14H,8H2/p-1/b13-12-. The molecule has 0 radical (unpaired) electrons. The van der Waals surface area contributed by atoms with Crippen molar-refractivity contribution >= 4 is 10.8 Å². The maximum Gasteiger partial charge on any atom is 0.205 e. The Morgan fingerprint density at radius 2 is 1.80 bits per heavy atom. The highest BCUT2D eigenvalue weighted by molar-refractivity contribution is 5.85. The van der Waals surface area contributed by atoms with Crippen molar-refractivity contribution in [2.24, 2.45) is 5.28 Å². The molecule has 0 aliphatic rings. The Hall–Kier alpha value is -2.10. The molecule has 0 N–H and O–H groups in total. The zero-order chi connectivity index (χ0) is 10.7. The maximum atomic E-state index is 10.9. The van der Waals surface area contributed by atoms with Gasteiger partial charge in [-0.15, -0.1) is 0 Å². The molecule has 0 aliphatic carbocycles. The van der Waals surface area contributed by atoms with Crippen LogP contribution in [0.3, 0.4) is 0 Å². The highest BCUT2D eigenvalue weighted by Crippen LogP contribution is 2.18. The molecule has 0 spiro atoms. The molecule has 2 rings (SSSR count). The summed E-state index contributed by atoms with van der Waals surface area (Å²) in [4.78, 5) is 0.141. The van der Waals surface area contributed by atoms with E-state index in [4.69, 9.17) is 0 Å². The molecule has 4 nitrogen and oxygen atoms in total. The zero-order valence-electron chi connectivity index (χ0n) is 7.96. The van der Waals surface area contributed by atoms with E-state index in [1.807, 2.05) is 42.5 Å². The lowest BCUT2D eigenvalue weighted by molar-refractivity contribution is -0.541. The molecule has 76 valence electrons. The number of nitrogens with zero attached hydrogens (tertiary/aromatic N) is 2. The van der Waals surface area contributed by atoms with Gasteiger partial charge in [-0.05, 0) is 16.1 Å². The van der Waals surface area contributed by atoms with Crippen LogP contribution < -0.4 is 0 Å². The van der Waals surface area contributed by atoms with Crippen LogP contribution in [0.1, 0.15) is 5.56 Å². The van der Waals surface area contributed by atoms with Crippen molar-refractivity contribution in [2.45, 2.75) is 6.54 Å². The van der Waals surface area contributed by atoms with E-state index >= 15 is 0 Å². The van der Waals surface area contributed by atoms with Crippen LogP contribution >= 0.6 is 0 Å². The summed E-state index contributed by atoms with van der Waals surface area (Å²) < 4.78 is 0. The largest absolute Gasteiger partial charge is 0.739 e. The summed E-state index contributed by atoms with van der Waals surface area (Å²) >= 11 is 0. The molecule has 0 aliphatic heterocycles. The molecule has 2 aromatic rings. The van der Waals surface area contributed by atoms with Crippen molar-refractivity contribution in [3.8, 4) is 0 Å². The van der Waals surface area contributed by atoms with Crippen LogP contribution in [0.4, 0.5) is 0 Å². The zero-order valence-corrected chi connectivity index (χ0v) is 7.96. The number of rotatable bonds is 2. The van der Waals surface area contributed by atoms with Gasteiger partial charge in [0.1, 0.15) is 0 Å². The van der Waals surface area contributed by atoms with E-state index in [-0.39, 0.29) is 11.4 Å². The SMILES string of the molecule is [O-]/N=[N+](\[O-])Cc1cccc2ccccc12. The van der Waals surface area contributed by atoms with E-state index in [9.17, 15) is 10.4 Å². The highest BCUT2D eigenvalue weighted by atomic mass is 16.6. The minimum Gasteiger partial charge on any atom is -0.739 e. The second-order valence-corrected chi connectivity index (χ2v) is 3.23. The third-order valence-corrected chi connectivity index (χ3v) is 2.28. The number of fused-ring (bicyclic) bond motifs is 1. The lowest BCUT2D eigenvalue weighted by Crippen LogP contribution is -2.00. The topological polar surface area (TPSA) is 61.5 Å². The molecule has 0 saturated carbocycles. The molecule has 2 aromatic carbocycles. The Kier molecular flexibility index (Phi) is 2.49. The van der Waals surface area contributed by atoms with Crippen molar-refractivity contribution in [3.63, 3.8) is 0 Å². The van der Waals surface area contributed by atoms with Crippen molar-refractivity contribution in [2.75, 3.05) is 0 Å². The fourth-order valence-electron chi connectivity index (χ4n) is 1.60. The summed E-state index contributed by atoms with van der Waals surface area (Å²) in [6, 6.07) is 13.3. The fourth-order valence-corrected chi connectivity index (χ4v) is 1.60. The summed E-state index contributed by atoms with van der Waals surface area (Å²) in [6.45, 7) is -0.00907. The summed E-state index contributed by atoms with van der Waals surface area (Å²) in [6.07, 6.45) is 0. The van der Waals surface area contributed by atoms with Crippen LogP contribution in [0.5, 0.6) is 0 Å². The number of benzene rings is 2. The van der Waals surface area contributed by atoms with Crippen LogP contribution in [0, 0.1) is 10.4 Å². The van der Waals surface area contributed by atoms with Gasteiger partial charge in [0.25, 0.3) is 0 Å². The molecular weight excluding hydrogens is 192 g/mol. The van der Waals surface area contributed by atoms with E-state index in [0.29, 0.717) is 0 Å². The average Bonchev–Trinajstić information content (AvgIpc) is 2.29. The highest BCUT2D eigenvalue weighted by Gasteiger charge is 2.03. The quantitative estimate of drug-likeness (QED) is 0.426. The van der Waals surface area contributed by atoms with E-state index in [2.05, 4.69) is 5.28 Å². The number of hydrogen-bond acceptors (Lipinski definition) is 3. The molecule has 15 heavy (non-hydrogen) atoms. The first-order valence-electron chi connectivity index (χ1n) is 4.56. The molecule has 0 aromatic heterocycles. The molecular formula is C11H9N2O2-. The maximum absolute atomic E-state index is 10.9. The van der Waals surface area contributed by atoms with E-state index in [0.717, 1.165) is 16.3 Å². The average molecular weight is 201 g/mol. The first kappa shape index (κ1) is 9.45. The Morgan fingerprint density at radius 1 is 1.07 bits per heavy atom. The number of hydrogen-bond donors (Lipinski definition) is 0. The second-order valence-electron chi connectivity index (χ2n) is 3.23. The van der Waals surface area contributed by atoms with Gasteiger partial charge in [0.2, 0.25) is 6.54 Å². The van der Waals surface area contributed by atoms with Crippen molar-refractivity contribution < 1.29 is 4.86 Å². The molecule has 0 heterocycles. The predicted octanol–water partition coefficient (Wildman–Crippen LogP) is 2.80. The van der Waals surface area contributed by atoms with Crippen LogP contribution in [-0.4, -0.2) is 4.86 Å². The van der Waals surface area contributed by atoms with Gasteiger partial charge in [0.15, 0.2) is 0 Å². The molecule has 0 fully saturated rings. The lowest BCUT2D eigenvalue weighted by atomic mass is 10.1. The van der Waals surface area contributed by atoms with Crippen molar-refractivity contribution in [1.82, 2.24) is 0 Å². The van der Waals surface area contributed by atoms with E-state index in [1.165, 1.54) is 0 Å². The second kappa shape index (κ2) is 3.96. The van der Waals surface area contributed by atoms with Gasteiger partial charge in [-0.1, -0.05) is 47.3 Å². The molecule has 0 unspecified atom stereocenters. The van der Waals surface area contributed by atoms with Crippen LogP contribution in [0.2, 0.25) is 0 Å². The Labute approximate surface area is 86.6 Å². The van der Waals surface area contributed by atoms with Crippen LogP contribution in [0.15, 0.2) is 47.7 Å². The Balaban J connectivity index is 2.51. The smallest absolute Gasteiger partial charge is 0.205 e. The molecule has 0 saturated heterocycles. The molecule has 0 bridgehead atoms. The van der Waals surface area contributed by atoms with Crippen molar-refractivity contribution in [1.29, 1.82) is 0 Å². The normalized spacial score (nSPS) is 11.9. The Bertz CT molecular complexity index is 503. The van der Waals surface area contributed by atoms with E-state index in [1.54, 1.807) is 0 Å². The summed E-state index contributed by atoms with van der Waals surface area (Å²) in [7, 11) is 0. The van der Waals surface area contributed by atoms with Gasteiger partial charge in [-0.3, -0.25) is 0 Å². The summed E-state index contributed by atoms with van der Waals surface area (Å²) in [5.41, 5.74) is 0.808. The van der Waals surface area contributed by atoms with Gasteiger partial charge in [-0.25, -0.2) is 0 Å². The van der Waals surface area contributed by atoms with Crippen molar-refractivity contribution in [3.05, 3.63) is 58.4 Å². The van der Waals surface area contributed by atoms with Gasteiger partial charge in [0, 0.05) is 5.56 Å². The predicted molar refractivity (Wildman–Crippen MR) is 57.1 cm³/mol. The Morgan fingerprint density at radius 3 is 2.60 bits per heavy atom. The van der Waals surface area contributed by atoms with Gasteiger partial charge < -0.3 is 10.4 Å². The first-order chi connectivity index (χ1) is 7.31. The molecule has 0 atom stereocenters. The lowest BCUT2D eigenvalue weighted by Gasteiger charge is -2.05. The first-order valence-corrected chi connectivity index (χ1v) is 4.56. The van der Waals surface area contributed by atoms with Gasteiger partial charge in [0.05, 0.1) is 0 Å². The number of hydroxylamine groups is 1. The monoisotopic (exact) mass is 201 g/mol. The van der Waals surface area contributed by atoms with Crippen LogP contribution in [0.25, 0.3) is 10.8 Å². The summed E-state index contributed by atoms with van der Waals surface area (Å²) in [5.74, 6) is 0. The minimum atomic E-state index is -0.00907. The van der Waals surface area contributed by atoms with Gasteiger partial charge >= 0.3 is 0 Å². The molecule has 0 amide bonds. The fraction of sp³-hybridized carbons (Fsp3) is 0.0909. The minimum absolute atomic E-state index is 0.00907. The molecule has 4 heteroatoms. The third kappa shape index (κ3) is 1.88. The van der Waals surface area contributed by atoms with Crippen LogP contribution in [-0.2, 0) is 6.54 Å². The third-order valence-electron chi connectivity index (χ3n) is 2.28. The van der Waals surface area contributed by atoms with E-state index < -0.39 is 0 Å².